The second kappa shape index (κ2) is 6.81. The summed E-state index contributed by atoms with van der Waals surface area (Å²) in [5.41, 5.74) is 2.83. The first kappa shape index (κ1) is 13.4. The maximum atomic E-state index is 11.8. The number of alkyl halides is 2. The van der Waals surface area contributed by atoms with E-state index in [4.69, 9.17) is 4.74 Å². The van der Waals surface area contributed by atoms with Crippen LogP contribution in [0.2, 0.25) is 0 Å². The van der Waals surface area contributed by atoms with Crippen molar-refractivity contribution in [3.63, 3.8) is 0 Å². The fourth-order valence-corrected chi connectivity index (χ4v) is 2.38. The van der Waals surface area contributed by atoms with Crippen molar-refractivity contribution >= 4 is 0 Å². The smallest absolute Gasteiger partial charge is 0.261 e. The van der Waals surface area contributed by atoms with Crippen LogP contribution in [-0.2, 0) is 17.6 Å². The van der Waals surface area contributed by atoms with E-state index in [-0.39, 0.29) is 0 Å². The first-order valence-electron chi connectivity index (χ1n) is 6.42. The minimum absolute atomic E-state index is 0.350. The summed E-state index contributed by atoms with van der Waals surface area (Å²) in [4.78, 5) is 0. The largest absolute Gasteiger partial charge is 0.374 e. The van der Waals surface area contributed by atoms with Gasteiger partial charge in [0.2, 0.25) is 0 Å². The van der Waals surface area contributed by atoms with Crippen molar-refractivity contribution in [2.24, 2.45) is 0 Å². The van der Waals surface area contributed by atoms with E-state index >= 15 is 0 Å². The summed E-state index contributed by atoms with van der Waals surface area (Å²) in [5.74, 6) is 0. The summed E-state index contributed by atoms with van der Waals surface area (Å²) in [6.45, 7) is 0.525. The summed E-state index contributed by atoms with van der Waals surface area (Å²) < 4.78 is 28.5. The average molecular weight is 255 g/mol. The van der Waals surface area contributed by atoms with Gasteiger partial charge in [0.1, 0.15) is 6.61 Å². The highest BCUT2D eigenvalue weighted by Crippen LogP contribution is 2.20. The maximum absolute atomic E-state index is 11.8. The van der Waals surface area contributed by atoms with E-state index in [1.165, 1.54) is 11.1 Å². The lowest BCUT2D eigenvalue weighted by Gasteiger charge is -2.25. The summed E-state index contributed by atoms with van der Waals surface area (Å²) in [7, 11) is 0. The SMILES string of the molecule is FC(F)COCCNC1CCc2ccccc2C1. The van der Waals surface area contributed by atoms with Crippen LogP contribution in [0.25, 0.3) is 0 Å². The molecule has 0 radical (unpaired) electrons. The molecule has 0 fully saturated rings. The standard InChI is InChI=1S/C14H19F2NO/c15-14(16)10-18-8-7-17-13-6-5-11-3-1-2-4-12(11)9-13/h1-4,13-14,17H,5-10H2. The van der Waals surface area contributed by atoms with Gasteiger partial charge in [0, 0.05) is 12.6 Å². The van der Waals surface area contributed by atoms with Gasteiger partial charge in [-0.3, -0.25) is 0 Å². The fourth-order valence-electron chi connectivity index (χ4n) is 2.38. The molecule has 1 aromatic rings. The molecule has 1 aliphatic rings. The molecule has 2 nitrogen and oxygen atoms in total. The first-order chi connectivity index (χ1) is 8.75. The molecule has 0 aliphatic heterocycles. The molecule has 0 heterocycles. The van der Waals surface area contributed by atoms with Crippen LogP contribution in [0.15, 0.2) is 24.3 Å². The lowest BCUT2D eigenvalue weighted by atomic mass is 9.88. The summed E-state index contributed by atoms with van der Waals surface area (Å²) in [6.07, 6.45) is 0.842. The van der Waals surface area contributed by atoms with Gasteiger partial charge in [0.25, 0.3) is 6.43 Å². The molecule has 0 aromatic heterocycles. The van der Waals surface area contributed by atoms with Crippen molar-refractivity contribution in [3.05, 3.63) is 35.4 Å². The third-order valence-electron chi connectivity index (χ3n) is 3.27. The number of ether oxygens (including phenoxy) is 1. The second-order valence-electron chi connectivity index (χ2n) is 4.63. The van der Waals surface area contributed by atoms with Crippen molar-refractivity contribution in [3.8, 4) is 0 Å². The summed E-state index contributed by atoms with van der Waals surface area (Å²) in [5, 5.41) is 3.37. The van der Waals surface area contributed by atoms with Crippen molar-refractivity contribution < 1.29 is 13.5 Å². The molecule has 1 aromatic carbocycles. The molecule has 4 heteroatoms. The van der Waals surface area contributed by atoms with Crippen LogP contribution in [0.1, 0.15) is 17.5 Å². The van der Waals surface area contributed by atoms with E-state index in [1.54, 1.807) is 0 Å². The Bertz CT molecular complexity index is 371. The van der Waals surface area contributed by atoms with Gasteiger partial charge in [-0.1, -0.05) is 24.3 Å². The monoisotopic (exact) mass is 255 g/mol. The van der Waals surface area contributed by atoms with Gasteiger partial charge >= 0.3 is 0 Å². The number of fused-ring (bicyclic) bond motifs is 1. The molecule has 0 amide bonds. The topological polar surface area (TPSA) is 21.3 Å². The Hall–Kier alpha value is -1.00. The average Bonchev–Trinajstić information content (AvgIpc) is 2.38. The molecule has 1 aliphatic carbocycles. The van der Waals surface area contributed by atoms with Crippen molar-refractivity contribution in [1.82, 2.24) is 5.32 Å². The van der Waals surface area contributed by atoms with Gasteiger partial charge in [-0.15, -0.1) is 0 Å². The van der Waals surface area contributed by atoms with E-state index in [0.29, 0.717) is 19.2 Å². The fraction of sp³-hybridized carbons (Fsp3) is 0.571. The van der Waals surface area contributed by atoms with E-state index in [2.05, 4.69) is 29.6 Å². The molecule has 1 unspecified atom stereocenters. The van der Waals surface area contributed by atoms with Gasteiger partial charge in [0.15, 0.2) is 0 Å². The third kappa shape index (κ3) is 4.03. The third-order valence-corrected chi connectivity index (χ3v) is 3.27. The van der Waals surface area contributed by atoms with Crippen LogP contribution in [-0.4, -0.2) is 32.2 Å². The number of halogens is 2. The Morgan fingerprint density at radius 2 is 2.06 bits per heavy atom. The van der Waals surface area contributed by atoms with E-state index in [1.807, 2.05) is 0 Å². The molecule has 0 spiro atoms. The zero-order chi connectivity index (χ0) is 12.8. The molecule has 1 N–H and O–H groups in total. The number of rotatable bonds is 6. The molecule has 2 rings (SSSR count). The molecular formula is C14H19F2NO. The highest BCUT2D eigenvalue weighted by molar-refractivity contribution is 5.30. The minimum Gasteiger partial charge on any atom is -0.374 e. The Morgan fingerprint density at radius 1 is 1.28 bits per heavy atom. The molecule has 1 atom stereocenters. The Balaban J connectivity index is 1.67. The van der Waals surface area contributed by atoms with Crippen LogP contribution in [0.3, 0.4) is 0 Å². The van der Waals surface area contributed by atoms with Gasteiger partial charge < -0.3 is 10.1 Å². The van der Waals surface area contributed by atoms with Crippen LogP contribution in [0, 0.1) is 0 Å². The van der Waals surface area contributed by atoms with Crippen LogP contribution in [0.5, 0.6) is 0 Å². The number of aryl methyl sites for hydroxylation is 1. The number of hydrogen-bond acceptors (Lipinski definition) is 2. The summed E-state index contributed by atoms with van der Waals surface area (Å²) >= 11 is 0. The zero-order valence-corrected chi connectivity index (χ0v) is 10.4. The number of hydrogen-bond donors (Lipinski definition) is 1. The predicted molar refractivity (Wildman–Crippen MR) is 67.1 cm³/mol. The number of benzene rings is 1. The minimum atomic E-state index is -2.37. The molecule has 0 saturated carbocycles. The maximum Gasteiger partial charge on any atom is 0.261 e. The van der Waals surface area contributed by atoms with Crippen molar-refractivity contribution in [1.29, 1.82) is 0 Å². The molecule has 0 bridgehead atoms. The molecule has 0 saturated heterocycles. The molecular weight excluding hydrogens is 236 g/mol. The van der Waals surface area contributed by atoms with Crippen LogP contribution >= 0.6 is 0 Å². The Morgan fingerprint density at radius 3 is 2.83 bits per heavy atom. The normalized spacial score (nSPS) is 18.9. The predicted octanol–water partition coefficient (Wildman–Crippen LogP) is 2.42. The Labute approximate surface area is 106 Å². The lowest BCUT2D eigenvalue weighted by molar-refractivity contribution is 0.0181. The summed E-state index contributed by atoms with van der Waals surface area (Å²) in [6, 6.07) is 8.92. The van der Waals surface area contributed by atoms with Crippen molar-refractivity contribution in [2.45, 2.75) is 31.7 Å². The van der Waals surface area contributed by atoms with E-state index in [9.17, 15) is 8.78 Å². The molecule has 100 valence electrons. The van der Waals surface area contributed by atoms with Gasteiger partial charge in [-0.2, -0.15) is 0 Å². The van der Waals surface area contributed by atoms with Crippen LogP contribution in [0.4, 0.5) is 8.78 Å². The van der Waals surface area contributed by atoms with Crippen LogP contribution < -0.4 is 5.32 Å². The highest BCUT2D eigenvalue weighted by Gasteiger charge is 2.17. The first-order valence-corrected chi connectivity index (χ1v) is 6.42. The quantitative estimate of drug-likeness (QED) is 0.788. The lowest BCUT2D eigenvalue weighted by Crippen LogP contribution is -2.36. The van der Waals surface area contributed by atoms with Gasteiger partial charge in [-0.05, 0) is 30.4 Å². The van der Waals surface area contributed by atoms with Crippen molar-refractivity contribution in [2.75, 3.05) is 19.8 Å². The van der Waals surface area contributed by atoms with Gasteiger partial charge in [0.05, 0.1) is 6.61 Å². The molecule has 18 heavy (non-hydrogen) atoms. The Kier molecular flexibility index (Phi) is 5.08. The van der Waals surface area contributed by atoms with Gasteiger partial charge in [-0.25, -0.2) is 8.78 Å². The highest BCUT2D eigenvalue weighted by atomic mass is 19.3. The second-order valence-corrected chi connectivity index (χ2v) is 4.63. The van der Waals surface area contributed by atoms with E-state index in [0.717, 1.165) is 19.3 Å². The van der Waals surface area contributed by atoms with E-state index < -0.39 is 13.0 Å². The number of nitrogens with one attached hydrogen (secondary N) is 1. The zero-order valence-electron chi connectivity index (χ0n) is 10.4.